The second kappa shape index (κ2) is 5.75. The molecule has 90 valence electrons. The first-order chi connectivity index (χ1) is 8.15. The smallest absolute Gasteiger partial charge is 0.224 e. The van der Waals surface area contributed by atoms with Crippen molar-refractivity contribution in [1.82, 2.24) is 9.97 Å². The monoisotopic (exact) mass is 335 g/mol. The van der Waals surface area contributed by atoms with Gasteiger partial charge in [-0.3, -0.25) is 0 Å². The molecule has 0 radical (unpaired) electrons. The number of rotatable bonds is 4. The summed E-state index contributed by atoms with van der Waals surface area (Å²) in [6.45, 7) is 0.594. The minimum atomic E-state index is -0.498. The van der Waals surface area contributed by atoms with Gasteiger partial charge in [0.15, 0.2) is 11.6 Å². The van der Waals surface area contributed by atoms with Crippen molar-refractivity contribution in [2.45, 2.75) is 6.42 Å². The Morgan fingerprint density at radius 2 is 2.29 bits per heavy atom. The largest absolute Gasteiger partial charge is 0.367 e. The molecule has 7 heteroatoms. The van der Waals surface area contributed by atoms with E-state index in [-0.39, 0.29) is 11.1 Å². The number of hydrogen-bond donors (Lipinski definition) is 1. The maximum absolute atomic E-state index is 13.2. The van der Waals surface area contributed by atoms with Gasteiger partial charge in [-0.05, 0) is 46.1 Å². The van der Waals surface area contributed by atoms with E-state index in [9.17, 15) is 4.39 Å². The van der Waals surface area contributed by atoms with Crippen LogP contribution in [0, 0.1) is 5.82 Å². The molecule has 2 aromatic heterocycles. The predicted molar refractivity (Wildman–Crippen MR) is 71.2 cm³/mol. The van der Waals surface area contributed by atoms with Crippen LogP contribution < -0.4 is 5.32 Å². The van der Waals surface area contributed by atoms with E-state index in [1.165, 1.54) is 4.88 Å². The summed E-state index contributed by atoms with van der Waals surface area (Å²) in [6, 6.07) is 4.02. The fourth-order valence-corrected chi connectivity index (χ4v) is 2.88. The van der Waals surface area contributed by atoms with E-state index >= 15 is 0 Å². The molecule has 0 aliphatic rings. The maximum atomic E-state index is 13.2. The Morgan fingerprint density at radius 3 is 3.00 bits per heavy atom. The van der Waals surface area contributed by atoms with Gasteiger partial charge in [0.25, 0.3) is 0 Å². The van der Waals surface area contributed by atoms with Crippen LogP contribution in [0.4, 0.5) is 10.2 Å². The molecular formula is C10H8BrClFN3S. The highest BCUT2D eigenvalue weighted by molar-refractivity contribution is 9.11. The second-order valence-corrected chi connectivity index (χ2v) is 6.10. The molecule has 17 heavy (non-hydrogen) atoms. The van der Waals surface area contributed by atoms with Crippen LogP contribution in [-0.4, -0.2) is 16.5 Å². The Hall–Kier alpha value is -0.720. The molecule has 0 bridgehead atoms. The molecule has 0 unspecified atom stereocenters. The molecular weight excluding hydrogens is 329 g/mol. The Labute approximate surface area is 115 Å². The topological polar surface area (TPSA) is 37.8 Å². The molecule has 0 aliphatic heterocycles. The first-order valence-corrected chi connectivity index (χ1v) is 6.80. The predicted octanol–water partition coefficient (Wildman–Crippen LogP) is 3.75. The molecule has 2 aromatic rings. The molecule has 0 saturated carbocycles. The summed E-state index contributed by atoms with van der Waals surface area (Å²) >= 11 is 10.6. The molecule has 2 heterocycles. The van der Waals surface area contributed by atoms with Crippen LogP contribution in [0.1, 0.15) is 4.88 Å². The van der Waals surface area contributed by atoms with E-state index in [1.54, 1.807) is 11.3 Å². The quantitative estimate of drug-likeness (QED) is 0.864. The molecule has 0 spiro atoms. The third-order valence-electron chi connectivity index (χ3n) is 2.01. The van der Waals surface area contributed by atoms with Crippen LogP contribution in [0.15, 0.2) is 22.1 Å². The standard InChI is InChI=1S/C10H8BrClFN3S/c11-8-2-1-6(17-8)3-4-14-9-7(13)5-15-10(12)16-9/h1-2,5H,3-4H2,(H,14,15,16). The van der Waals surface area contributed by atoms with Crippen LogP contribution in [0.25, 0.3) is 0 Å². The van der Waals surface area contributed by atoms with E-state index in [1.807, 2.05) is 12.1 Å². The van der Waals surface area contributed by atoms with E-state index in [0.29, 0.717) is 6.54 Å². The Kier molecular flexibility index (Phi) is 4.31. The van der Waals surface area contributed by atoms with Crippen molar-refractivity contribution in [1.29, 1.82) is 0 Å². The van der Waals surface area contributed by atoms with Crippen molar-refractivity contribution >= 4 is 44.7 Å². The van der Waals surface area contributed by atoms with Gasteiger partial charge in [-0.15, -0.1) is 11.3 Å². The Morgan fingerprint density at radius 1 is 1.47 bits per heavy atom. The molecule has 0 aromatic carbocycles. The Balaban J connectivity index is 1.91. The van der Waals surface area contributed by atoms with Crippen LogP contribution in [0.3, 0.4) is 0 Å². The number of nitrogens with zero attached hydrogens (tertiary/aromatic N) is 2. The van der Waals surface area contributed by atoms with Gasteiger partial charge in [0, 0.05) is 11.4 Å². The lowest BCUT2D eigenvalue weighted by atomic mass is 10.3. The average molecular weight is 337 g/mol. The lowest BCUT2D eigenvalue weighted by molar-refractivity contribution is 0.616. The van der Waals surface area contributed by atoms with Crippen LogP contribution >= 0.6 is 38.9 Å². The molecule has 3 nitrogen and oxygen atoms in total. The number of aromatic nitrogens is 2. The number of anilines is 1. The molecule has 0 saturated heterocycles. The van der Waals surface area contributed by atoms with Crippen LogP contribution in [0.2, 0.25) is 5.28 Å². The summed E-state index contributed by atoms with van der Waals surface area (Å²) in [6.07, 6.45) is 1.86. The molecule has 0 atom stereocenters. The van der Waals surface area contributed by atoms with E-state index in [0.717, 1.165) is 16.4 Å². The highest BCUT2D eigenvalue weighted by atomic mass is 79.9. The molecule has 0 aliphatic carbocycles. The Bertz CT molecular complexity index is 520. The summed E-state index contributed by atoms with van der Waals surface area (Å²) in [5.74, 6) is -0.359. The van der Waals surface area contributed by atoms with Crippen molar-refractivity contribution in [3.63, 3.8) is 0 Å². The summed E-state index contributed by atoms with van der Waals surface area (Å²) in [7, 11) is 0. The average Bonchev–Trinajstić information content (AvgIpc) is 2.69. The number of nitrogens with one attached hydrogen (secondary N) is 1. The van der Waals surface area contributed by atoms with Gasteiger partial charge in [-0.1, -0.05) is 0 Å². The van der Waals surface area contributed by atoms with Gasteiger partial charge < -0.3 is 5.32 Å². The number of thiophene rings is 1. The third-order valence-corrected chi connectivity index (χ3v) is 3.87. The van der Waals surface area contributed by atoms with E-state index in [4.69, 9.17) is 11.6 Å². The van der Waals surface area contributed by atoms with E-state index < -0.39 is 5.82 Å². The third kappa shape index (κ3) is 3.62. The van der Waals surface area contributed by atoms with Gasteiger partial charge in [0.2, 0.25) is 5.28 Å². The van der Waals surface area contributed by atoms with Crippen LogP contribution in [0.5, 0.6) is 0 Å². The van der Waals surface area contributed by atoms with Crippen LogP contribution in [-0.2, 0) is 6.42 Å². The fraction of sp³-hybridized carbons (Fsp3) is 0.200. The number of halogens is 3. The normalized spacial score (nSPS) is 10.5. The summed E-state index contributed by atoms with van der Waals surface area (Å²) in [5, 5.41) is 2.93. The first kappa shape index (κ1) is 12.7. The highest BCUT2D eigenvalue weighted by Crippen LogP contribution is 2.22. The second-order valence-electron chi connectivity index (χ2n) is 3.22. The SMILES string of the molecule is Fc1cnc(Cl)nc1NCCc1ccc(Br)s1. The lowest BCUT2D eigenvalue weighted by Crippen LogP contribution is -2.08. The minimum Gasteiger partial charge on any atom is -0.367 e. The zero-order valence-corrected chi connectivity index (χ0v) is 11.7. The zero-order valence-electron chi connectivity index (χ0n) is 8.58. The lowest BCUT2D eigenvalue weighted by Gasteiger charge is -2.05. The van der Waals surface area contributed by atoms with Gasteiger partial charge >= 0.3 is 0 Å². The number of hydrogen-bond acceptors (Lipinski definition) is 4. The van der Waals surface area contributed by atoms with Gasteiger partial charge in [-0.25, -0.2) is 9.37 Å². The zero-order chi connectivity index (χ0) is 12.3. The van der Waals surface area contributed by atoms with Gasteiger partial charge in [0.1, 0.15) is 0 Å². The maximum Gasteiger partial charge on any atom is 0.224 e. The van der Waals surface area contributed by atoms with Crippen molar-refractivity contribution in [3.8, 4) is 0 Å². The summed E-state index contributed by atoms with van der Waals surface area (Å²) < 4.78 is 14.3. The molecule has 1 N–H and O–H groups in total. The van der Waals surface area contributed by atoms with Gasteiger partial charge in [0.05, 0.1) is 9.98 Å². The molecule has 2 rings (SSSR count). The highest BCUT2D eigenvalue weighted by Gasteiger charge is 2.05. The first-order valence-electron chi connectivity index (χ1n) is 4.81. The minimum absolute atomic E-state index is 0.0350. The van der Waals surface area contributed by atoms with Crippen molar-refractivity contribution < 1.29 is 4.39 Å². The van der Waals surface area contributed by atoms with Gasteiger partial charge in [-0.2, -0.15) is 4.98 Å². The van der Waals surface area contributed by atoms with E-state index in [2.05, 4.69) is 31.2 Å². The fourth-order valence-electron chi connectivity index (χ4n) is 1.26. The summed E-state index contributed by atoms with van der Waals surface area (Å²) in [5.41, 5.74) is 0. The van der Waals surface area contributed by atoms with Crippen molar-refractivity contribution in [3.05, 3.63) is 38.1 Å². The molecule has 0 amide bonds. The van der Waals surface area contributed by atoms with Crippen molar-refractivity contribution in [2.75, 3.05) is 11.9 Å². The summed E-state index contributed by atoms with van der Waals surface area (Å²) in [4.78, 5) is 8.53. The molecule has 0 fully saturated rings. The van der Waals surface area contributed by atoms with Crippen molar-refractivity contribution in [2.24, 2.45) is 0 Å².